The average molecular weight is 338 g/mol. The van der Waals surface area contributed by atoms with Gasteiger partial charge in [0.05, 0.1) is 12.6 Å². The first-order chi connectivity index (χ1) is 11.0. The molecule has 1 fully saturated rings. The van der Waals surface area contributed by atoms with E-state index in [1.807, 2.05) is 11.8 Å². The van der Waals surface area contributed by atoms with Gasteiger partial charge in [0.1, 0.15) is 0 Å². The Morgan fingerprint density at radius 1 is 1.22 bits per heavy atom. The lowest BCUT2D eigenvalue weighted by Gasteiger charge is -2.32. The van der Waals surface area contributed by atoms with Gasteiger partial charge in [0.25, 0.3) is 0 Å². The van der Waals surface area contributed by atoms with Gasteiger partial charge in [0.15, 0.2) is 0 Å². The van der Waals surface area contributed by atoms with Gasteiger partial charge in [-0.15, -0.1) is 0 Å². The molecule has 0 bridgehead atoms. The second-order valence-electron chi connectivity index (χ2n) is 6.03. The first-order valence-electron chi connectivity index (χ1n) is 8.02. The largest absolute Gasteiger partial charge is 0.341 e. The highest BCUT2D eigenvalue weighted by atomic mass is 35.5. The van der Waals surface area contributed by atoms with Crippen LogP contribution < -0.4 is 5.32 Å². The Bertz CT molecular complexity index is 541. The minimum atomic E-state index is -0.302. The number of anilines is 1. The number of hydrogen-bond acceptors (Lipinski definition) is 3. The topological polar surface area (TPSA) is 52.7 Å². The molecule has 1 heterocycles. The van der Waals surface area contributed by atoms with E-state index in [-0.39, 0.29) is 24.4 Å². The molecule has 1 saturated heterocycles. The molecule has 1 aromatic carbocycles. The van der Waals surface area contributed by atoms with Crippen LogP contribution in [-0.2, 0) is 9.59 Å². The Hall–Kier alpha value is -1.59. The molecule has 1 aliphatic rings. The van der Waals surface area contributed by atoms with Gasteiger partial charge in [-0.2, -0.15) is 0 Å². The zero-order valence-corrected chi connectivity index (χ0v) is 14.5. The van der Waals surface area contributed by atoms with Crippen molar-refractivity contribution >= 4 is 29.1 Å². The maximum atomic E-state index is 12.5. The van der Waals surface area contributed by atoms with E-state index >= 15 is 0 Å². The quantitative estimate of drug-likeness (QED) is 0.898. The van der Waals surface area contributed by atoms with Crippen LogP contribution in [-0.4, -0.2) is 54.3 Å². The van der Waals surface area contributed by atoms with Gasteiger partial charge in [-0.05, 0) is 57.5 Å². The van der Waals surface area contributed by atoms with Crippen molar-refractivity contribution in [2.45, 2.75) is 32.2 Å². The molecule has 0 radical (unpaired) electrons. The van der Waals surface area contributed by atoms with Gasteiger partial charge in [0, 0.05) is 23.8 Å². The minimum Gasteiger partial charge on any atom is -0.341 e. The van der Waals surface area contributed by atoms with Crippen LogP contribution in [0.4, 0.5) is 5.69 Å². The van der Waals surface area contributed by atoms with Gasteiger partial charge in [-0.3, -0.25) is 14.5 Å². The molecule has 0 aromatic heterocycles. The molecule has 1 atom stereocenters. The summed E-state index contributed by atoms with van der Waals surface area (Å²) in [6.45, 7) is 3.68. The summed E-state index contributed by atoms with van der Waals surface area (Å²) in [5.41, 5.74) is 0.697. The summed E-state index contributed by atoms with van der Waals surface area (Å²) in [6, 6.07) is 6.65. The van der Waals surface area contributed by atoms with Crippen LogP contribution in [0.1, 0.15) is 26.2 Å². The van der Waals surface area contributed by atoms with Crippen molar-refractivity contribution in [2.24, 2.45) is 0 Å². The molecule has 0 saturated carbocycles. The van der Waals surface area contributed by atoms with Crippen molar-refractivity contribution < 1.29 is 9.59 Å². The molecular weight excluding hydrogens is 314 g/mol. The molecule has 0 aliphatic carbocycles. The van der Waals surface area contributed by atoms with Crippen LogP contribution in [0.3, 0.4) is 0 Å². The maximum absolute atomic E-state index is 12.5. The van der Waals surface area contributed by atoms with E-state index in [4.69, 9.17) is 11.6 Å². The van der Waals surface area contributed by atoms with Gasteiger partial charge < -0.3 is 10.2 Å². The smallest absolute Gasteiger partial charge is 0.239 e. The normalized spacial score (nSPS) is 16.3. The molecule has 5 nitrogen and oxygen atoms in total. The molecule has 2 rings (SSSR count). The van der Waals surface area contributed by atoms with E-state index in [0.29, 0.717) is 10.7 Å². The summed E-state index contributed by atoms with van der Waals surface area (Å²) in [6.07, 6.45) is 3.33. The predicted molar refractivity (Wildman–Crippen MR) is 92.6 cm³/mol. The standard InChI is InChI=1S/C17H24ClN3O2/c1-13(17(23)21-10-4-3-5-11-21)20(2)12-16(22)19-15-8-6-14(18)7-9-15/h6-9,13H,3-5,10-12H2,1-2H3,(H,19,22)/t13-/m1/s1. The number of likely N-dealkylation sites (tertiary alicyclic amines) is 1. The second-order valence-corrected chi connectivity index (χ2v) is 6.47. The van der Waals surface area contributed by atoms with Gasteiger partial charge in [-0.1, -0.05) is 11.6 Å². The Morgan fingerprint density at radius 2 is 1.83 bits per heavy atom. The van der Waals surface area contributed by atoms with Gasteiger partial charge in [0.2, 0.25) is 11.8 Å². The SMILES string of the molecule is C[C@H](C(=O)N1CCCCC1)N(C)CC(=O)Nc1ccc(Cl)cc1. The average Bonchev–Trinajstić information content (AvgIpc) is 2.56. The number of benzene rings is 1. The first-order valence-corrected chi connectivity index (χ1v) is 8.39. The molecule has 126 valence electrons. The zero-order valence-electron chi connectivity index (χ0n) is 13.7. The number of amides is 2. The third-order valence-corrected chi connectivity index (χ3v) is 4.46. The lowest BCUT2D eigenvalue weighted by Crippen LogP contribution is -2.49. The summed E-state index contributed by atoms with van der Waals surface area (Å²) < 4.78 is 0. The number of carbonyl (C=O) groups is 2. The van der Waals surface area contributed by atoms with E-state index in [1.54, 1.807) is 36.2 Å². The zero-order chi connectivity index (χ0) is 16.8. The van der Waals surface area contributed by atoms with Crippen molar-refractivity contribution in [1.29, 1.82) is 0 Å². The van der Waals surface area contributed by atoms with Crippen molar-refractivity contribution in [2.75, 3.05) is 32.0 Å². The number of piperidine rings is 1. The Labute approximate surface area is 142 Å². The van der Waals surface area contributed by atoms with E-state index < -0.39 is 0 Å². The number of hydrogen-bond donors (Lipinski definition) is 1. The molecule has 23 heavy (non-hydrogen) atoms. The summed E-state index contributed by atoms with van der Waals surface area (Å²) >= 11 is 5.82. The molecule has 0 unspecified atom stereocenters. The summed E-state index contributed by atoms with van der Waals surface area (Å²) in [4.78, 5) is 28.2. The Balaban J connectivity index is 1.84. The van der Waals surface area contributed by atoms with Gasteiger partial charge >= 0.3 is 0 Å². The lowest BCUT2D eigenvalue weighted by molar-refractivity contribution is -0.137. The number of nitrogens with one attached hydrogen (secondary N) is 1. The highest BCUT2D eigenvalue weighted by Gasteiger charge is 2.25. The summed E-state index contributed by atoms with van der Waals surface area (Å²) in [5, 5.41) is 3.44. The third kappa shape index (κ3) is 5.22. The monoisotopic (exact) mass is 337 g/mol. The first kappa shape index (κ1) is 17.8. The van der Waals surface area contributed by atoms with E-state index in [1.165, 1.54) is 6.42 Å². The van der Waals surface area contributed by atoms with E-state index in [9.17, 15) is 9.59 Å². The molecular formula is C17H24ClN3O2. The number of likely N-dealkylation sites (N-methyl/N-ethyl adjacent to an activating group) is 1. The summed E-state index contributed by atoms with van der Waals surface area (Å²) in [5.74, 6) is -0.0420. The third-order valence-electron chi connectivity index (χ3n) is 4.21. The fraction of sp³-hybridized carbons (Fsp3) is 0.529. The highest BCUT2D eigenvalue weighted by Crippen LogP contribution is 2.14. The van der Waals surface area contributed by atoms with Crippen molar-refractivity contribution in [3.63, 3.8) is 0 Å². The fourth-order valence-electron chi connectivity index (χ4n) is 2.66. The van der Waals surface area contributed by atoms with E-state index in [0.717, 1.165) is 25.9 Å². The molecule has 0 spiro atoms. The number of halogens is 1. The second kappa shape index (κ2) is 8.31. The molecule has 2 amide bonds. The molecule has 6 heteroatoms. The van der Waals surface area contributed by atoms with Crippen molar-refractivity contribution in [3.05, 3.63) is 29.3 Å². The van der Waals surface area contributed by atoms with Crippen LogP contribution in [0.15, 0.2) is 24.3 Å². The Kier molecular flexibility index (Phi) is 6.42. The van der Waals surface area contributed by atoms with Crippen molar-refractivity contribution in [1.82, 2.24) is 9.80 Å². The van der Waals surface area contributed by atoms with Crippen LogP contribution in [0.25, 0.3) is 0 Å². The minimum absolute atomic E-state index is 0.103. The Morgan fingerprint density at radius 3 is 2.43 bits per heavy atom. The summed E-state index contributed by atoms with van der Waals surface area (Å²) in [7, 11) is 1.80. The predicted octanol–water partition coefficient (Wildman–Crippen LogP) is 2.61. The van der Waals surface area contributed by atoms with Gasteiger partial charge in [-0.25, -0.2) is 0 Å². The van der Waals surface area contributed by atoms with E-state index in [2.05, 4.69) is 5.32 Å². The number of carbonyl (C=O) groups excluding carboxylic acids is 2. The molecule has 1 N–H and O–H groups in total. The van der Waals surface area contributed by atoms with Crippen LogP contribution in [0, 0.1) is 0 Å². The maximum Gasteiger partial charge on any atom is 0.239 e. The fourth-order valence-corrected chi connectivity index (χ4v) is 2.79. The molecule has 1 aliphatic heterocycles. The molecule has 1 aromatic rings. The lowest BCUT2D eigenvalue weighted by atomic mass is 10.1. The highest BCUT2D eigenvalue weighted by molar-refractivity contribution is 6.30. The van der Waals surface area contributed by atoms with Crippen molar-refractivity contribution in [3.8, 4) is 0 Å². The van der Waals surface area contributed by atoms with Crippen LogP contribution >= 0.6 is 11.6 Å². The number of nitrogens with zero attached hydrogens (tertiary/aromatic N) is 2. The van der Waals surface area contributed by atoms with Crippen LogP contribution in [0.2, 0.25) is 5.02 Å². The van der Waals surface area contributed by atoms with Crippen LogP contribution in [0.5, 0.6) is 0 Å². The number of rotatable bonds is 5.